The normalized spacial score (nSPS) is 10.5. The van der Waals surface area contributed by atoms with E-state index in [0.29, 0.717) is 0 Å². The van der Waals surface area contributed by atoms with Crippen molar-refractivity contribution in [2.24, 2.45) is 0 Å². The third-order valence-corrected chi connectivity index (χ3v) is 4.21. The molecule has 0 saturated heterocycles. The van der Waals surface area contributed by atoms with Gasteiger partial charge in [0.15, 0.2) is 0 Å². The van der Waals surface area contributed by atoms with Gasteiger partial charge in [0.05, 0.1) is 14.5 Å². The molecule has 72 valence electrons. The summed E-state index contributed by atoms with van der Waals surface area (Å²) >= 11 is 11.1. The van der Waals surface area contributed by atoms with Gasteiger partial charge in [0, 0.05) is 5.56 Å². The van der Waals surface area contributed by atoms with Gasteiger partial charge in [-0.2, -0.15) is 0 Å². The molecule has 0 unspecified atom stereocenters. The van der Waals surface area contributed by atoms with Crippen molar-refractivity contribution >= 4 is 38.9 Å². The average molecular weight is 289 g/mol. The number of hydrogen-bond acceptors (Lipinski definition) is 2. The van der Waals surface area contributed by atoms with Crippen molar-refractivity contribution in [3.05, 3.63) is 38.8 Å². The molecule has 14 heavy (non-hydrogen) atoms. The van der Waals surface area contributed by atoms with Crippen molar-refractivity contribution in [3.8, 4) is 10.6 Å². The summed E-state index contributed by atoms with van der Waals surface area (Å²) in [4.78, 5) is 4.43. The number of hydrogen-bond donors (Lipinski definition) is 0. The van der Waals surface area contributed by atoms with Gasteiger partial charge in [0.2, 0.25) is 0 Å². The van der Waals surface area contributed by atoms with E-state index < -0.39 is 0 Å². The highest BCUT2D eigenvalue weighted by atomic mass is 79.9. The molecule has 1 nitrogen and oxygen atoms in total. The molecule has 0 bridgehead atoms. The summed E-state index contributed by atoms with van der Waals surface area (Å²) in [6.07, 6.45) is 0. The molecule has 4 heteroatoms. The van der Waals surface area contributed by atoms with Crippen molar-refractivity contribution in [3.63, 3.8) is 0 Å². The van der Waals surface area contributed by atoms with Crippen LogP contribution in [0.4, 0.5) is 0 Å². The summed E-state index contributed by atoms with van der Waals surface area (Å²) in [5.74, 6) is 0. The van der Waals surface area contributed by atoms with Gasteiger partial charge < -0.3 is 0 Å². The Morgan fingerprint density at radius 1 is 1.36 bits per heavy atom. The first-order valence-corrected chi connectivity index (χ1v) is 6.05. The fraction of sp³-hybridized carbons (Fsp3) is 0.100. The van der Waals surface area contributed by atoms with Gasteiger partial charge in [-0.25, -0.2) is 4.98 Å². The molecule has 0 aliphatic rings. The number of aromatic nitrogens is 1. The van der Waals surface area contributed by atoms with Crippen molar-refractivity contribution in [1.82, 2.24) is 4.98 Å². The molecule has 1 aromatic heterocycles. The van der Waals surface area contributed by atoms with Gasteiger partial charge in [-0.05, 0) is 28.9 Å². The first kappa shape index (κ1) is 10.1. The van der Waals surface area contributed by atoms with Crippen LogP contribution < -0.4 is 0 Å². The van der Waals surface area contributed by atoms with E-state index in [9.17, 15) is 0 Å². The molecule has 0 aliphatic heterocycles. The fourth-order valence-corrected chi connectivity index (χ4v) is 2.79. The zero-order chi connectivity index (χ0) is 10.1. The Morgan fingerprint density at radius 3 is 2.64 bits per heavy atom. The van der Waals surface area contributed by atoms with Gasteiger partial charge in [0.25, 0.3) is 0 Å². The van der Waals surface area contributed by atoms with Crippen molar-refractivity contribution in [2.75, 3.05) is 0 Å². The third kappa shape index (κ3) is 1.85. The highest BCUT2D eigenvalue weighted by molar-refractivity contribution is 9.11. The molecule has 0 saturated carbocycles. The highest BCUT2D eigenvalue weighted by Gasteiger charge is 2.09. The van der Waals surface area contributed by atoms with Crippen LogP contribution in [0.3, 0.4) is 0 Å². The Kier molecular flexibility index (Phi) is 2.91. The van der Waals surface area contributed by atoms with Crippen LogP contribution in [0.5, 0.6) is 0 Å². The van der Waals surface area contributed by atoms with Gasteiger partial charge in [-0.3, -0.25) is 0 Å². The van der Waals surface area contributed by atoms with Gasteiger partial charge in [0.1, 0.15) is 5.01 Å². The lowest BCUT2D eigenvalue weighted by atomic mass is 10.2. The summed E-state index contributed by atoms with van der Waals surface area (Å²) in [7, 11) is 0. The second-order valence-corrected chi connectivity index (χ2v) is 5.58. The summed E-state index contributed by atoms with van der Waals surface area (Å²) in [5.41, 5.74) is 2.00. The minimum absolute atomic E-state index is 0.744. The van der Waals surface area contributed by atoms with E-state index in [-0.39, 0.29) is 0 Å². The van der Waals surface area contributed by atoms with E-state index in [4.69, 9.17) is 11.6 Å². The Balaban J connectivity index is 2.55. The van der Waals surface area contributed by atoms with Crippen LogP contribution >= 0.6 is 38.9 Å². The molecule has 2 aromatic rings. The molecule has 0 radical (unpaired) electrons. The lowest BCUT2D eigenvalue weighted by Crippen LogP contribution is -1.77. The quantitative estimate of drug-likeness (QED) is 0.751. The molecule has 0 aliphatic carbocycles. The number of rotatable bonds is 1. The predicted molar refractivity (Wildman–Crippen MR) is 65.0 cm³/mol. The van der Waals surface area contributed by atoms with Crippen molar-refractivity contribution in [1.29, 1.82) is 0 Å². The van der Waals surface area contributed by atoms with E-state index in [1.807, 2.05) is 31.2 Å². The fourth-order valence-electron chi connectivity index (χ4n) is 1.13. The minimum atomic E-state index is 0.744. The van der Waals surface area contributed by atoms with E-state index >= 15 is 0 Å². The van der Waals surface area contributed by atoms with E-state index in [1.54, 1.807) is 11.3 Å². The largest absolute Gasteiger partial charge is 0.240 e. The van der Waals surface area contributed by atoms with E-state index in [0.717, 1.165) is 25.1 Å². The standard InChI is InChI=1S/C10H7BrClNS/c1-6-9(11)14-10(13-6)7-4-2-3-5-8(7)12/h2-5H,1H3. The molecule has 0 fully saturated rings. The monoisotopic (exact) mass is 287 g/mol. The maximum atomic E-state index is 6.07. The van der Waals surface area contributed by atoms with Crippen LogP contribution in [0.2, 0.25) is 5.02 Å². The molecule has 2 rings (SSSR count). The molecule has 0 spiro atoms. The Morgan fingerprint density at radius 2 is 2.07 bits per heavy atom. The highest BCUT2D eigenvalue weighted by Crippen LogP contribution is 2.34. The maximum absolute atomic E-state index is 6.07. The average Bonchev–Trinajstić information content (AvgIpc) is 2.48. The minimum Gasteiger partial charge on any atom is -0.240 e. The number of halogens is 2. The topological polar surface area (TPSA) is 12.9 Å². The molecule has 0 atom stereocenters. The Hall–Kier alpha value is -0.380. The smallest absolute Gasteiger partial charge is 0.126 e. The van der Waals surface area contributed by atoms with Crippen molar-refractivity contribution in [2.45, 2.75) is 6.92 Å². The Labute approximate surface area is 99.9 Å². The second kappa shape index (κ2) is 4.01. The van der Waals surface area contributed by atoms with Crippen LogP contribution in [-0.2, 0) is 0 Å². The lowest BCUT2D eigenvalue weighted by molar-refractivity contribution is 1.26. The summed E-state index contributed by atoms with van der Waals surface area (Å²) in [5, 5.41) is 1.70. The van der Waals surface area contributed by atoms with E-state index in [1.165, 1.54) is 0 Å². The first-order valence-electron chi connectivity index (χ1n) is 4.06. The van der Waals surface area contributed by atoms with Crippen molar-refractivity contribution < 1.29 is 0 Å². The maximum Gasteiger partial charge on any atom is 0.126 e. The van der Waals surface area contributed by atoms with Crippen LogP contribution in [0.1, 0.15) is 5.69 Å². The van der Waals surface area contributed by atoms with Gasteiger partial charge >= 0.3 is 0 Å². The van der Waals surface area contributed by atoms with Crippen LogP contribution in [-0.4, -0.2) is 4.98 Å². The van der Waals surface area contributed by atoms with Gasteiger partial charge in [-0.15, -0.1) is 11.3 Å². The molecule has 0 amide bonds. The number of aryl methyl sites for hydroxylation is 1. The number of nitrogens with zero attached hydrogens (tertiary/aromatic N) is 1. The molecule has 0 N–H and O–H groups in total. The van der Waals surface area contributed by atoms with Crippen LogP contribution in [0.15, 0.2) is 28.1 Å². The summed E-state index contributed by atoms with van der Waals surface area (Å²) < 4.78 is 1.06. The zero-order valence-corrected chi connectivity index (χ0v) is 10.6. The SMILES string of the molecule is Cc1nc(-c2ccccc2Cl)sc1Br. The molecule has 1 heterocycles. The third-order valence-electron chi connectivity index (χ3n) is 1.84. The van der Waals surface area contributed by atoms with Gasteiger partial charge in [-0.1, -0.05) is 29.8 Å². The molecular formula is C10H7BrClNS. The number of benzene rings is 1. The Bertz CT molecular complexity index is 447. The second-order valence-electron chi connectivity index (χ2n) is 2.86. The van der Waals surface area contributed by atoms with Crippen LogP contribution in [0, 0.1) is 6.92 Å². The zero-order valence-electron chi connectivity index (χ0n) is 7.42. The summed E-state index contributed by atoms with van der Waals surface area (Å²) in [6, 6.07) is 7.74. The van der Waals surface area contributed by atoms with E-state index in [2.05, 4.69) is 20.9 Å². The predicted octanol–water partition coefficient (Wildman–Crippen LogP) is 4.53. The molecular weight excluding hydrogens is 282 g/mol. The molecule has 1 aromatic carbocycles. The lowest BCUT2D eigenvalue weighted by Gasteiger charge is -1.97. The number of thiazole rings is 1. The summed E-state index contributed by atoms with van der Waals surface area (Å²) in [6.45, 7) is 1.97. The first-order chi connectivity index (χ1) is 6.68. The van der Waals surface area contributed by atoms with Crippen LogP contribution in [0.25, 0.3) is 10.6 Å².